The Morgan fingerprint density at radius 1 is 0.964 bits per heavy atom. The summed E-state index contributed by atoms with van der Waals surface area (Å²) < 4.78 is 10.5. The Balaban J connectivity index is 1.54. The van der Waals surface area contributed by atoms with Gasteiger partial charge in [0.1, 0.15) is 5.76 Å². The summed E-state index contributed by atoms with van der Waals surface area (Å²) in [7, 11) is 0. The molecule has 1 atom stereocenters. The average Bonchev–Trinajstić information content (AvgIpc) is 3.26. The van der Waals surface area contributed by atoms with Crippen LogP contribution in [0.3, 0.4) is 0 Å². The normalized spacial score (nSPS) is 11.6. The first-order valence-corrected chi connectivity index (χ1v) is 9.25. The fourth-order valence-corrected chi connectivity index (χ4v) is 2.96. The van der Waals surface area contributed by atoms with Crippen LogP contribution in [-0.4, -0.2) is 18.5 Å². The van der Waals surface area contributed by atoms with E-state index in [4.69, 9.17) is 9.15 Å². The number of nitrogens with one attached hydrogen (secondary N) is 1. The van der Waals surface area contributed by atoms with Crippen molar-refractivity contribution < 1.29 is 18.7 Å². The molecule has 28 heavy (non-hydrogen) atoms. The van der Waals surface area contributed by atoms with Crippen molar-refractivity contribution >= 4 is 11.9 Å². The van der Waals surface area contributed by atoms with Crippen LogP contribution in [-0.2, 0) is 22.4 Å². The van der Waals surface area contributed by atoms with Crippen molar-refractivity contribution in [2.75, 3.05) is 6.61 Å². The predicted molar refractivity (Wildman–Crippen MR) is 106 cm³/mol. The number of hydrogen-bond donors (Lipinski definition) is 1. The standard InChI is InChI=1S/C23H23NO4/c1-17(21-12-7-15-27-21)24-22(25)16-28-23(26)20-11-6-5-10-19(20)14-13-18-8-3-2-4-9-18/h2-12,15,17H,13-14,16H2,1H3,(H,24,25). The molecule has 0 saturated heterocycles. The van der Waals surface area contributed by atoms with Crippen LogP contribution in [0.2, 0.25) is 0 Å². The van der Waals surface area contributed by atoms with Gasteiger partial charge in [-0.2, -0.15) is 0 Å². The number of esters is 1. The van der Waals surface area contributed by atoms with Crippen LogP contribution in [0.1, 0.15) is 40.2 Å². The van der Waals surface area contributed by atoms with Crippen LogP contribution in [0.15, 0.2) is 77.4 Å². The Labute approximate surface area is 164 Å². The molecule has 1 amide bonds. The second-order valence-corrected chi connectivity index (χ2v) is 6.52. The molecule has 5 heteroatoms. The first-order valence-electron chi connectivity index (χ1n) is 9.25. The van der Waals surface area contributed by atoms with Crippen LogP contribution in [0.4, 0.5) is 0 Å². The lowest BCUT2D eigenvalue weighted by atomic mass is 10.00. The molecular weight excluding hydrogens is 354 g/mol. The van der Waals surface area contributed by atoms with Crippen LogP contribution < -0.4 is 5.32 Å². The fourth-order valence-electron chi connectivity index (χ4n) is 2.96. The van der Waals surface area contributed by atoms with Crippen molar-refractivity contribution in [2.45, 2.75) is 25.8 Å². The molecule has 3 aromatic rings. The SMILES string of the molecule is CC(NC(=O)COC(=O)c1ccccc1CCc1ccccc1)c1ccco1. The molecule has 0 fully saturated rings. The maximum Gasteiger partial charge on any atom is 0.338 e. The third-order valence-corrected chi connectivity index (χ3v) is 4.44. The second-order valence-electron chi connectivity index (χ2n) is 6.52. The van der Waals surface area contributed by atoms with Gasteiger partial charge in [0.05, 0.1) is 17.9 Å². The van der Waals surface area contributed by atoms with Gasteiger partial charge in [0.2, 0.25) is 0 Å². The van der Waals surface area contributed by atoms with E-state index in [2.05, 4.69) is 17.4 Å². The maximum absolute atomic E-state index is 12.5. The van der Waals surface area contributed by atoms with Gasteiger partial charge in [-0.3, -0.25) is 4.79 Å². The second kappa shape index (κ2) is 9.55. The molecule has 0 aliphatic carbocycles. The molecule has 0 bridgehead atoms. The Morgan fingerprint density at radius 3 is 2.46 bits per heavy atom. The summed E-state index contributed by atoms with van der Waals surface area (Å²) in [5.41, 5.74) is 2.60. The number of rotatable bonds is 8. The lowest BCUT2D eigenvalue weighted by molar-refractivity contribution is -0.125. The molecule has 1 aromatic heterocycles. The molecule has 0 spiro atoms. The molecule has 0 saturated carbocycles. The topological polar surface area (TPSA) is 68.5 Å². The zero-order chi connectivity index (χ0) is 19.8. The van der Waals surface area contributed by atoms with Crippen LogP contribution in [0.5, 0.6) is 0 Å². The number of benzene rings is 2. The summed E-state index contributed by atoms with van der Waals surface area (Å²) in [6.45, 7) is 1.47. The summed E-state index contributed by atoms with van der Waals surface area (Å²) >= 11 is 0. The summed E-state index contributed by atoms with van der Waals surface area (Å²) in [5, 5.41) is 2.74. The van der Waals surface area contributed by atoms with E-state index < -0.39 is 5.97 Å². The zero-order valence-electron chi connectivity index (χ0n) is 15.8. The van der Waals surface area contributed by atoms with E-state index in [9.17, 15) is 9.59 Å². The summed E-state index contributed by atoms with van der Waals surface area (Å²) in [6.07, 6.45) is 3.09. The van der Waals surface area contributed by atoms with Crippen LogP contribution in [0, 0.1) is 0 Å². The van der Waals surface area contributed by atoms with Gasteiger partial charge in [-0.25, -0.2) is 4.79 Å². The smallest absolute Gasteiger partial charge is 0.338 e. The van der Waals surface area contributed by atoms with Gasteiger partial charge in [-0.1, -0.05) is 48.5 Å². The third-order valence-electron chi connectivity index (χ3n) is 4.44. The van der Waals surface area contributed by atoms with E-state index in [0.29, 0.717) is 11.3 Å². The van der Waals surface area contributed by atoms with Crippen molar-refractivity contribution in [2.24, 2.45) is 0 Å². The Kier molecular flexibility index (Phi) is 6.63. The highest BCUT2D eigenvalue weighted by Crippen LogP contribution is 2.15. The molecule has 0 aliphatic rings. The first kappa shape index (κ1) is 19.4. The highest BCUT2D eigenvalue weighted by atomic mass is 16.5. The molecule has 1 N–H and O–H groups in total. The van der Waals surface area contributed by atoms with Gasteiger partial charge in [-0.05, 0) is 49.1 Å². The molecule has 1 heterocycles. The number of carbonyl (C=O) groups excluding carboxylic acids is 2. The van der Waals surface area contributed by atoms with Crippen molar-refractivity contribution in [3.05, 3.63) is 95.4 Å². The highest BCUT2D eigenvalue weighted by molar-refractivity contribution is 5.92. The van der Waals surface area contributed by atoms with Crippen molar-refractivity contribution in [3.8, 4) is 0 Å². The van der Waals surface area contributed by atoms with E-state index >= 15 is 0 Å². The van der Waals surface area contributed by atoms with Gasteiger partial charge in [0, 0.05) is 0 Å². The van der Waals surface area contributed by atoms with Gasteiger partial charge in [-0.15, -0.1) is 0 Å². The number of amides is 1. The molecule has 2 aromatic carbocycles. The highest BCUT2D eigenvalue weighted by Gasteiger charge is 2.16. The average molecular weight is 377 g/mol. The zero-order valence-corrected chi connectivity index (χ0v) is 15.8. The Morgan fingerprint density at radius 2 is 1.71 bits per heavy atom. The van der Waals surface area contributed by atoms with Gasteiger partial charge in [0.25, 0.3) is 5.91 Å². The van der Waals surface area contributed by atoms with Crippen LogP contribution in [0.25, 0.3) is 0 Å². The minimum absolute atomic E-state index is 0.292. The van der Waals surface area contributed by atoms with Crippen molar-refractivity contribution in [1.29, 1.82) is 0 Å². The number of carbonyl (C=O) groups is 2. The minimum Gasteiger partial charge on any atom is -0.467 e. The number of furan rings is 1. The number of aryl methyl sites for hydroxylation is 2. The van der Waals surface area contributed by atoms with Gasteiger partial charge in [0.15, 0.2) is 6.61 Å². The molecule has 144 valence electrons. The molecular formula is C23H23NO4. The largest absolute Gasteiger partial charge is 0.467 e. The van der Waals surface area contributed by atoms with E-state index in [1.807, 2.05) is 30.3 Å². The van der Waals surface area contributed by atoms with Crippen molar-refractivity contribution in [1.82, 2.24) is 5.32 Å². The fraction of sp³-hybridized carbons (Fsp3) is 0.217. The lowest BCUT2D eigenvalue weighted by Crippen LogP contribution is -2.31. The Bertz CT molecular complexity index is 903. The summed E-state index contributed by atoms with van der Waals surface area (Å²) in [5.74, 6) is -0.227. The van der Waals surface area contributed by atoms with E-state index in [-0.39, 0.29) is 18.6 Å². The Hall–Kier alpha value is -3.34. The molecule has 0 aliphatic heterocycles. The maximum atomic E-state index is 12.5. The van der Waals surface area contributed by atoms with Gasteiger partial charge >= 0.3 is 5.97 Å². The van der Waals surface area contributed by atoms with Gasteiger partial charge < -0.3 is 14.5 Å². The van der Waals surface area contributed by atoms with E-state index in [0.717, 1.165) is 18.4 Å². The quantitative estimate of drug-likeness (QED) is 0.600. The van der Waals surface area contributed by atoms with Crippen LogP contribution >= 0.6 is 0 Å². The van der Waals surface area contributed by atoms with E-state index in [1.54, 1.807) is 37.5 Å². The lowest BCUT2D eigenvalue weighted by Gasteiger charge is -2.12. The molecule has 0 radical (unpaired) electrons. The summed E-state index contributed by atoms with van der Waals surface area (Å²) in [6, 6.07) is 20.7. The third kappa shape index (κ3) is 5.33. The molecule has 5 nitrogen and oxygen atoms in total. The first-order chi connectivity index (χ1) is 13.6. The predicted octanol–water partition coefficient (Wildman–Crippen LogP) is 4.10. The molecule has 1 unspecified atom stereocenters. The minimum atomic E-state index is -0.496. The number of ether oxygens (including phenoxy) is 1. The summed E-state index contributed by atoms with van der Waals surface area (Å²) in [4.78, 5) is 24.5. The van der Waals surface area contributed by atoms with E-state index in [1.165, 1.54) is 5.56 Å². The number of hydrogen-bond acceptors (Lipinski definition) is 4. The van der Waals surface area contributed by atoms with Crippen molar-refractivity contribution in [3.63, 3.8) is 0 Å². The molecule has 3 rings (SSSR count). The monoisotopic (exact) mass is 377 g/mol.